The van der Waals surface area contributed by atoms with E-state index in [1.807, 2.05) is 35.2 Å². The van der Waals surface area contributed by atoms with E-state index in [4.69, 9.17) is 4.74 Å². The van der Waals surface area contributed by atoms with Crippen LogP contribution in [-0.4, -0.2) is 39.2 Å². The molecular weight excluding hydrogens is 425 g/mol. The van der Waals surface area contributed by atoms with Crippen molar-refractivity contribution in [1.82, 2.24) is 19.5 Å². The molecule has 0 radical (unpaired) electrons. The summed E-state index contributed by atoms with van der Waals surface area (Å²) in [6.07, 6.45) is -0.0480. The number of aromatic nitrogens is 3. The van der Waals surface area contributed by atoms with Crippen LogP contribution in [0.3, 0.4) is 0 Å². The fourth-order valence-corrected chi connectivity index (χ4v) is 4.16. The Morgan fingerprint density at radius 1 is 1.06 bits per heavy atom. The van der Waals surface area contributed by atoms with Crippen molar-refractivity contribution in [1.29, 1.82) is 0 Å². The maximum Gasteiger partial charge on any atom is 0.420 e. The first-order valence-electron chi connectivity index (χ1n) is 10.3. The smallest absolute Gasteiger partial charge is 0.371 e. The molecular formula is C22H25F3N4OS. The Balaban J connectivity index is 0.00000231. The topological polar surface area (TPSA) is 42.7 Å². The van der Waals surface area contributed by atoms with Gasteiger partial charge in [0.1, 0.15) is 11.4 Å². The summed E-state index contributed by atoms with van der Waals surface area (Å²) in [5.41, 5.74) is 0.496. The van der Waals surface area contributed by atoms with Crippen LogP contribution in [-0.2, 0) is 23.9 Å². The molecule has 2 aromatic heterocycles. The minimum absolute atomic E-state index is 0. The number of alkyl halides is 3. The number of benzene rings is 1. The lowest BCUT2D eigenvalue weighted by atomic mass is 10.1. The lowest BCUT2D eigenvalue weighted by molar-refractivity contribution is -0.137. The van der Waals surface area contributed by atoms with Crippen molar-refractivity contribution in [3.8, 4) is 0 Å². The van der Waals surface area contributed by atoms with Gasteiger partial charge in [-0.3, -0.25) is 9.30 Å². The molecule has 1 saturated heterocycles. The summed E-state index contributed by atoms with van der Waals surface area (Å²) in [5, 5.41) is 8.00. The molecule has 3 aromatic rings. The summed E-state index contributed by atoms with van der Waals surface area (Å²) in [6.45, 7) is 1.82. The lowest BCUT2D eigenvalue weighted by Gasteiger charge is -2.33. The number of hydrogen-bond donors (Lipinski definition) is 0. The summed E-state index contributed by atoms with van der Waals surface area (Å²) in [7, 11) is 0. The molecule has 1 atom stereocenters. The number of morpholine rings is 1. The lowest BCUT2D eigenvalue weighted by Crippen LogP contribution is -2.38. The van der Waals surface area contributed by atoms with Gasteiger partial charge in [0, 0.05) is 32.3 Å². The SMILES string of the molecule is FC(F)(F)c1c(CN2CCOC(c3ccccc3)C2)ccn2c(CC3CC3)nnc12.S. The van der Waals surface area contributed by atoms with E-state index in [0.29, 0.717) is 37.9 Å². The monoisotopic (exact) mass is 450 g/mol. The molecule has 1 aromatic carbocycles. The van der Waals surface area contributed by atoms with E-state index < -0.39 is 11.7 Å². The van der Waals surface area contributed by atoms with Gasteiger partial charge in [-0.05, 0) is 36.0 Å². The quantitative estimate of drug-likeness (QED) is 0.578. The normalized spacial score (nSPS) is 20.0. The minimum Gasteiger partial charge on any atom is -0.371 e. The van der Waals surface area contributed by atoms with Crippen molar-refractivity contribution in [2.24, 2.45) is 5.92 Å². The van der Waals surface area contributed by atoms with Crippen molar-refractivity contribution < 1.29 is 17.9 Å². The van der Waals surface area contributed by atoms with Gasteiger partial charge in [0.25, 0.3) is 0 Å². The van der Waals surface area contributed by atoms with E-state index in [1.165, 1.54) is 4.40 Å². The Morgan fingerprint density at radius 2 is 1.84 bits per heavy atom. The molecule has 1 saturated carbocycles. The van der Waals surface area contributed by atoms with Crippen LogP contribution in [0.15, 0.2) is 42.6 Å². The molecule has 0 bridgehead atoms. The largest absolute Gasteiger partial charge is 0.420 e. The third-order valence-electron chi connectivity index (χ3n) is 5.90. The molecule has 2 aliphatic rings. The maximum absolute atomic E-state index is 14.0. The summed E-state index contributed by atoms with van der Waals surface area (Å²) in [5.74, 6) is 1.13. The van der Waals surface area contributed by atoms with Gasteiger partial charge in [0.2, 0.25) is 0 Å². The highest BCUT2D eigenvalue weighted by atomic mass is 32.1. The van der Waals surface area contributed by atoms with E-state index in [0.717, 1.165) is 18.4 Å². The number of halogens is 3. The number of rotatable bonds is 5. The van der Waals surface area contributed by atoms with Gasteiger partial charge in [-0.25, -0.2) is 0 Å². The van der Waals surface area contributed by atoms with E-state index in [2.05, 4.69) is 10.2 Å². The fourth-order valence-electron chi connectivity index (χ4n) is 4.16. The number of hydrogen-bond acceptors (Lipinski definition) is 4. The first-order valence-corrected chi connectivity index (χ1v) is 10.3. The molecule has 0 amide bonds. The highest BCUT2D eigenvalue weighted by molar-refractivity contribution is 7.59. The third-order valence-corrected chi connectivity index (χ3v) is 5.90. The van der Waals surface area contributed by atoms with Gasteiger partial charge in [-0.2, -0.15) is 26.7 Å². The highest BCUT2D eigenvalue weighted by Crippen LogP contribution is 2.37. The van der Waals surface area contributed by atoms with Crippen LogP contribution in [0.5, 0.6) is 0 Å². The van der Waals surface area contributed by atoms with Crippen molar-refractivity contribution >= 4 is 19.1 Å². The van der Waals surface area contributed by atoms with Gasteiger partial charge in [0.15, 0.2) is 5.65 Å². The van der Waals surface area contributed by atoms with Gasteiger partial charge >= 0.3 is 6.18 Å². The average molecular weight is 451 g/mol. The second-order valence-corrected chi connectivity index (χ2v) is 8.18. The second-order valence-electron chi connectivity index (χ2n) is 8.18. The number of ether oxygens (including phenoxy) is 1. The number of pyridine rings is 1. The Bertz CT molecular complexity index is 1040. The summed E-state index contributed by atoms with van der Waals surface area (Å²) >= 11 is 0. The van der Waals surface area contributed by atoms with Gasteiger partial charge in [-0.1, -0.05) is 30.3 Å². The number of nitrogens with zero attached hydrogens (tertiary/aromatic N) is 4. The van der Waals surface area contributed by atoms with Crippen molar-refractivity contribution in [2.75, 3.05) is 19.7 Å². The Morgan fingerprint density at radius 3 is 2.55 bits per heavy atom. The first kappa shape index (κ1) is 22.1. The molecule has 3 heterocycles. The van der Waals surface area contributed by atoms with Crippen LogP contribution < -0.4 is 0 Å². The highest BCUT2D eigenvalue weighted by Gasteiger charge is 2.38. The molecule has 166 valence electrons. The molecule has 31 heavy (non-hydrogen) atoms. The predicted octanol–water partition coefficient (Wildman–Crippen LogP) is 4.39. The summed E-state index contributed by atoms with van der Waals surface area (Å²) in [6, 6.07) is 11.4. The summed E-state index contributed by atoms with van der Waals surface area (Å²) < 4.78 is 49.5. The third kappa shape index (κ3) is 4.73. The molecule has 9 heteroatoms. The zero-order valence-corrected chi connectivity index (χ0v) is 18.0. The Hall–Kier alpha value is -2.10. The fraction of sp³-hybridized carbons (Fsp3) is 0.455. The first-order chi connectivity index (χ1) is 14.5. The van der Waals surface area contributed by atoms with Crippen LogP contribution in [0.25, 0.3) is 5.65 Å². The van der Waals surface area contributed by atoms with Crippen molar-refractivity contribution in [3.63, 3.8) is 0 Å². The van der Waals surface area contributed by atoms with Crippen molar-refractivity contribution in [2.45, 2.75) is 38.1 Å². The van der Waals surface area contributed by atoms with Gasteiger partial charge in [-0.15, -0.1) is 10.2 Å². The average Bonchev–Trinajstić information content (AvgIpc) is 3.46. The van der Waals surface area contributed by atoms with Crippen LogP contribution in [0, 0.1) is 5.92 Å². The van der Waals surface area contributed by atoms with Crippen LogP contribution in [0.1, 0.15) is 41.5 Å². The Kier molecular flexibility index (Phi) is 6.27. The molecule has 1 unspecified atom stereocenters. The maximum atomic E-state index is 14.0. The molecule has 0 spiro atoms. The summed E-state index contributed by atoms with van der Waals surface area (Å²) in [4.78, 5) is 2.02. The van der Waals surface area contributed by atoms with E-state index in [1.54, 1.807) is 12.3 Å². The predicted molar refractivity (Wildman–Crippen MR) is 115 cm³/mol. The van der Waals surface area contributed by atoms with Crippen molar-refractivity contribution in [3.05, 3.63) is 65.1 Å². The molecule has 1 aliphatic carbocycles. The van der Waals surface area contributed by atoms with E-state index in [9.17, 15) is 13.2 Å². The minimum atomic E-state index is -4.49. The zero-order valence-electron chi connectivity index (χ0n) is 17.0. The van der Waals surface area contributed by atoms with Crippen LogP contribution >= 0.6 is 13.5 Å². The van der Waals surface area contributed by atoms with E-state index >= 15 is 0 Å². The van der Waals surface area contributed by atoms with E-state index in [-0.39, 0.29) is 37.4 Å². The standard InChI is InChI=1S/C22H23F3N4O.H2S/c23-22(24,25)20-17(8-9-29-19(12-15-6-7-15)26-27-21(20)29)13-28-10-11-30-18(14-28)16-4-2-1-3-5-16;/h1-5,8-9,15,18H,6-7,10-14H2;1H2. The van der Waals surface area contributed by atoms with Gasteiger partial charge in [0.05, 0.1) is 12.7 Å². The molecule has 0 N–H and O–H groups in total. The Labute approximate surface area is 185 Å². The molecule has 5 rings (SSSR count). The van der Waals surface area contributed by atoms with Gasteiger partial charge < -0.3 is 4.74 Å². The molecule has 1 aliphatic heterocycles. The zero-order chi connectivity index (χ0) is 20.7. The molecule has 5 nitrogen and oxygen atoms in total. The molecule has 2 fully saturated rings. The van der Waals surface area contributed by atoms with Crippen LogP contribution in [0.4, 0.5) is 13.2 Å². The number of fused-ring (bicyclic) bond motifs is 1. The van der Waals surface area contributed by atoms with Crippen LogP contribution in [0.2, 0.25) is 0 Å². The second kappa shape index (κ2) is 8.80.